The zero-order valence-electron chi connectivity index (χ0n) is 11.8. The lowest BCUT2D eigenvalue weighted by Gasteiger charge is -2.18. The lowest BCUT2D eigenvalue weighted by Crippen LogP contribution is -1.98. The minimum atomic E-state index is 0.371. The number of ether oxygens (including phenoxy) is 1. The molecular formula is C15H22N2O. The van der Waals surface area contributed by atoms with Crippen molar-refractivity contribution in [3.05, 3.63) is 23.3 Å². The van der Waals surface area contributed by atoms with E-state index in [0.29, 0.717) is 11.8 Å². The Kier molecular flexibility index (Phi) is 5.08. The van der Waals surface area contributed by atoms with Gasteiger partial charge in [-0.3, -0.25) is 4.99 Å². The van der Waals surface area contributed by atoms with Gasteiger partial charge in [0.25, 0.3) is 0 Å². The largest absolute Gasteiger partial charge is 0.497 e. The molecule has 0 aliphatic heterocycles. The summed E-state index contributed by atoms with van der Waals surface area (Å²) in [4.78, 5) is 4.42. The second-order valence-corrected chi connectivity index (χ2v) is 4.91. The van der Waals surface area contributed by atoms with Gasteiger partial charge >= 0.3 is 0 Å². The summed E-state index contributed by atoms with van der Waals surface area (Å²) in [5.74, 6) is 1.61. The molecule has 0 aliphatic rings. The van der Waals surface area contributed by atoms with Crippen LogP contribution < -0.4 is 4.74 Å². The van der Waals surface area contributed by atoms with E-state index in [2.05, 4.69) is 32.7 Å². The highest BCUT2D eigenvalue weighted by Gasteiger charge is 2.15. The van der Waals surface area contributed by atoms with Gasteiger partial charge in [-0.2, -0.15) is 0 Å². The number of hydrogen-bond acceptors (Lipinski definition) is 3. The van der Waals surface area contributed by atoms with Crippen molar-refractivity contribution < 1.29 is 4.74 Å². The average molecular weight is 246 g/mol. The van der Waals surface area contributed by atoms with Crippen LogP contribution in [0.15, 0.2) is 17.1 Å². The highest BCUT2D eigenvalue weighted by Crippen LogP contribution is 2.38. The van der Waals surface area contributed by atoms with Crippen molar-refractivity contribution in [3.63, 3.8) is 0 Å². The highest BCUT2D eigenvalue weighted by atomic mass is 16.5. The summed E-state index contributed by atoms with van der Waals surface area (Å²) in [7, 11) is 1.68. The molecule has 0 aromatic heterocycles. The van der Waals surface area contributed by atoms with Gasteiger partial charge in [-0.25, -0.2) is 0 Å². The quantitative estimate of drug-likeness (QED) is 0.774. The number of aliphatic imine (C=N–C) groups is 1. The van der Waals surface area contributed by atoms with Crippen LogP contribution in [-0.2, 0) is 0 Å². The molecule has 18 heavy (non-hydrogen) atoms. The molecule has 0 aliphatic carbocycles. The molecule has 1 rings (SSSR count). The van der Waals surface area contributed by atoms with E-state index < -0.39 is 0 Å². The van der Waals surface area contributed by atoms with Gasteiger partial charge in [-0.05, 0) is 35.1 Å². The SMILES string of the molecule is COc1cc(C(C)C)c(/N=C/C=N)c(C(C)C)c1. The predicted molar refractivity (Wildman–Crippen MR) is 78.1 cm³/mol. The highest BCUT2D eigenvalue weighted by molar-refractivity contribution is 6.15. The first-order valence-corrected chi connectivity index (χ1v) is 6.26. The Balaban J connectivity index is 3.49. The van der Waals surface area contributed by atoms with Gasteiger partial charge in [0.2, 0.25) is 0 Å². The second-order valence-electron chi connectivity index (χ2n) is 4.91. The molecule has 0 radical (unpaired) electrons. The van der Waals surface area contributed by atoms with Crippen LogP contribution in [0.25, 0.3) is 0 Å². The summed E-state index contributed by atoms with van der Waals surface area (Å²) in [6, 6.07) is 4.07. The molecule has 0 atom stereocenters. The molecule has 98 valence electrons. The molecule has 1 aromatic rings. The van der Waals surface area contributed by atoms with Crippen LogP contribution in [0.3, 0.4) is 0 Å². The molecule has 0 amide bonds. The Labute approximate surface area is 109 Å². The van der Waals surface area contributed by atoms with Gasteiger partial charge < -0.3 is 10.1 Å². The average Bonchev–Trinajstić information content (AvgIpc) is 2.34. The Morgan fingerprint density at radius 2 is 1.61 bits per heavy atom. The topological polar surface area (TPSA) is 45.4 Å². The van der Waals surface area contributed by atoms with Crippen molar-refractivity contribution in [2.24, 2.45) is 4.99 Å². The van der Waals surface area contributed by atoms with E-state index in [4.69, 9.17) is 10.1 Å². The number of nitrogens with one attached hydrogen (secondary N) is 1. The number of hydrogen-bond donors (Lipinski definition) is 1. The molecule has 0 saturated carbocycles. The van der Waals surface area contributed by atoms with Crippen LogP contribution in [0.4, 0.5) is 5.69 Å². The molecule has 0 spiro atoms. The monoisotopic (exact) mass is 246 g/mol. The second kappa shape index (κ2) is 6.34. The molecule has 0 fully saturated rings. The Morgan fingerprint density at radius 1 is 1.11 bits per heavy atom. The van der Waals surface area contributed by atoms with Crippen molar-refractivity contribution >= 4 is 18.1 Å². The molecule has 0 bridgehead atoms. The third-order valence-corrected chi connectivity index (χ3v) is 2.90. The standard InChI is InChI=1S/C15H22N2O/c1-10(2)13-8-12(18-5)9-14(11(3)4)15(13)17-7-6-16/h6-11,16H,1-5H3/b16-6?,17-7+. The Morgan fingerprint density at radius 3 is 1.94 bits per heavy atom. The van der Waals surface area contributed by atoms with Gasteiger partial charge in [-0.1, -0.05) is 27.7 Å². The third kappa shape index (κ3) is 3.19. The van der Waals surface area contributed by atoms with Crippen molar-refractivity contribution in [2.75, 3.05) is 7.11 Å². The van der Waals surface area contributed by atoms with Crippen LogP contribution >= 0.6 is 0 Å². The van der Waals surface area contributed by atoms with Crippen molar-refractivity contribution in [1.82, 2.24) is 0 Å². The summed E-state index contributed by atoms with van der Waals surface area (Å²) in [6.45, 7) is 8.56. The maximum Gasteiger partial charge on any atom is 0.119 e. The summed E-state index contributed by atoms with van der Waals surface area (Å²) in [5, 5.41) is 7.09. The van der Waals surface area contributed by atoms with Crippen molar-refractivity contribution in [2.45, 2.75) is 39.5 Å². The van der Waals surface area contributed by atoms with Gasteiger partial charge in [0.1, 0.15) is 5.75 Å². The molecule has 1 aromatic carbocycles. The summed E-state index contributed by atoms with van der Waals surface area (Å²) >= 11 is 0. The fourth-order valence-electron chi connectivity index (χ4n) is 1.91. The van der Waals surface area contributed by atoms with E-state index in [1.807, 2.05) is 12.1 Å². The lowest BCUT2D eigenvalue weighted by molar-refractivity contribution is 0.413. The number of benzene rings is 1. The Bertz CT molecular complexity index is 419. The van der Waals surface area contributed by atoms with E-state index in [0.717, 1.165) is 22.6 Å². The maximum atomic E-state index is 7.09. The van der Waals surface area contributed by atoms with Crippen LogP contribution in [0, 0.1) is 5.41 Å². The van der Waals surface area contributed by atoms with E-state index in [-0.39, 0.29) is 0 Å². The van der Waals surface area contributed by atoms with Gasteiger partial charge in [0.05, 0.1) is 12.8 Å². The molecular weight excluding hydrogens is 224 g/mol. The predicted octanol–water partition coefficient (Wildman–Crippen LogP) is 4.29. The lowest BCUT2D eigenvalue weighted by atomic mass is 9.92. The zero-order valence-corrected chi connectivity index (χ0v) is 11.8. The smallest absolute Gasteiger partial charge is 0.119 e. The summed E-state index contributed by atoms with van der Waals surface area (Å²) in [6.07, 6.45) is 2.73. The number of nitrogens with zero attached hydrogens (tertiary/aromatic N) is 1. The molecule has 3 heteroatoms. The van der Waals surface area contributed by atoms with Crippen molar-refractivity contribution in [1.29, 1.82) is 5.41 Å². The first-order chi connectivity index (χ1) is 8.51. The van der Waals surface area contributed by atoms with Crippen LogP contribution in [0.1, 0.15) is 50.7 Å². The zero-order chi connectivity index (χ0) is 13.7. The number of methoxy groups -OCH3 is 1. The van der Waals surface area contributed by atoms with Crippen molar-refractivity contribution in [3.8, 4) is 5.75 Å². The van der Waals surface area contributed by atoms with Crippen LogP contribution in [-0.4, -0.2) is 19.5 Å². The van der Waals surface area contributed by atoms with Crippen LogP contribution in [0.2, 0.25) is 0 Å². The van der Waals surface area contributed by atoms with E-state index >= 15 is 0 Å². The first-order valence-electron chi connectivity index (χ1n) is 6.26. The van der Waals surface area contributed by atoms with E-state index in [1.165, 1.54) is 12.4 Å². The third-order valence-electron chi connectivity index (χ3n) is 2.90. The molecule has 3 nitrogen and oxygen atoms in total. The number of rotatable bonds is 5. The van der Waals surface area contributed by atoms with Crippen LogP contribution in [0.5, 0.6) is 5.75 Å². The minimum absolute atomic E-state index is 0.371. The minimum Gasteiger partial charge on any atom is -0.497 e. The summed E-state index contributed by atoms with van der Waals surface area (Å²) < 4.78 is 5.36. The first kappa shape index (κ1) is 14.4. The fourth-order valence-corrected chi connectivity index (χ4v) is 1.91. The van der Waals surface area contributed by atoms with E-state index in [9.17, 15) is 0 Å². The molecule has 0 unspecified atom stereocenters. The molecule has 1 N–H and O–H groups in total. The Hall–Kier alpha value is -1.64. The molecule has 0 saturated heterocycles. The van der Waals surface area contributed by atoms with E-state index in [1.54, 1.807) is 7.11 Å². The van der Waals surface area contributed by atoms with Gasteiger partial charge in [-0.15, -0.1) is 0 Å². The summed E-state index contributed by atoms with van der Waals surface area (Å²) in [5.41, 5.74) is 3.30. The maximum absolute atomic E-state index is 7.09. The fraction of sp³-hybridized carbons (Fsp3) is 0.467. The van der Waals surface area contributed by atoms with Gasteiger partial charge in [0.15, 0.2) is 0 Å². The van der Waals surface area contributed by atoms with Gasteiger partial charge in [0, 0.05) is 12.4 Å². The molecule has 0 heterocycles. The normalized spacial score (nSPS) is 11.5.